The molecule has 4 heteroatoms. The lowest BCUT2D eigenvalue weighted by Crippen LogP contribution is -2.49. The second-order valence-corrected chi connectivity index (χ2v) is 5.60. The van der Waals surface area contributed by atoms with Gasteiger partial charge >= 0.3 is 0 Å². The Bertz CT molecular complexity index is 465. The van der Waals surface area contributed by atoms with Crippen molar-refractivity contribution in [3.63, 3.8) is 0 Å². The third-order valence-corrected chi connectivity index (χ3v) is 3.89. The Morgan fingerprint density at radius 3 is 2.50 bits per heavy atom. The van der Waals surface area contributed by atoms with Crippen molar-refractivity contribution in [2.45, 2.75) is 26.7 Å². The van der Waals surface area contributed by atoms with Gasteiger partial charge in [-0.15, -0.1) is 0 Å². The number of hydrogen-bond donors (Lipinski definition) is 1. The Kier molecular flexibility index (Phi) is 5.01. The van der Waals surface area contributed by atoms with E-state index in [1.807, 2.05) is 0 Å². The van der Waals surface area contributed by atoms with Crippen molar-refractivity contribution in [3.8, 4) is 0 Å². The Morgan fingerprint density at radius 1 is 1.25 bits per heavy atom. The molecule has 0 radical (unpaired) electrons. The number of anilines is 1. The number of hydrogen-bond acceptors (Lipinski definition) is 3. The van der Waals surface area contributed by atoms with Crippen molar-refractivity contribution in [3.05, 3.63) is 29.3 Å². The first kappa shape index (κ1) is 14.9. The molecule has 20 heavy (non-hydrogen) atoms. The van der Waals surface area contributed by atoms with Gasteiger partial charge in [-0.1, -0.05) is 25.5 Å². The number of carbonyl (C=O) groups is 1. The predicted molar refractivity (Wildman–Crippen MR) is 83.0 cm³/mol. The van der Waals surface area contributed by atoms with E-state index in [-0.39, 0.29) is 5.91 Å². The first-order valence-corrected chi connectivity index (χ1v) is 7.45. The number of amides is 1. The molecule has 1 saturated heterocycles. The molecule has 1 amide bonds. The second kappa shape index (κ2) is 6.75. The zero-order chi connectivity index (χ0) is 14.5. The van der Waals surface area contributed by atoms with Gasteiger partial charge in [0, 0.05) is 31.9 Å². The zero-order valence-corrected chi connectivity index (χ0v) is 12.6. The summed E-state index contributed by atoms with van der Waals surface area (Å²) in [5.74, 6) is -0.237. The number of rotatable bonds is 5. The first-order chi connectivity index (χ1) is 9.60. The number of aryl methyl sites for hydroxylation is 2. The van der Waals surface area contributed by atoms with Gasteiger partial charge in [0.2, 0.25) is 5.91 Å². The van der Waals surface area contributed by atoms with Gasteiger partial charge in [0.15, 0.2) is 0 Å². The third-order valence-electron chi connectivity index (χ3n) is 3.89. The molecule has 110 valence electrons. The topological polar surface area (TPSA) is 49.6 Å². The van der Waals surface area contributed by atoms with E-state index in [0.717, 1.165) is 32.6 Å². The van der Waals surface area contributed by atoms with Crippen LogP contribution in [0.2, 0.25) is 0 Å². The average Bonchev–Trinajstić information content (AvgIpc) is 2.40. The molecule has 1 heterocycles. The van der Waals surface area contributed by atoms with Crippen LogP contribution in [0.3, 0.4) is 0 Å². The molecule has 0 bridgehead atoms. The molecule has 1 aromatic rings. The van der Waals surface area contributed by atoms with E-state index in [1.165, 1.54) is 23.2 Å². The highest BCUT2D eigenvalue weighted by molar-refractivity contribution is 5.76. The van der Waals surface area contributed by atoms with Crippen LogP contribution in [0.15, 0.2) is 18.2 Å². The Labute approximate surface area is 121 Å². The number of nitrogens with zero attached hydrogens (tertiary/aromatic N) is 2. The van der Waals surface area contributed by atoms with Crippen LogP contribution in [0, 0.1) is 6.92 Å². The van der Waals surface area contributed by atoms with Crippen LogP contribution in [0.5, 0.6) is 0 Å². The maximum absolute atomic E-state index is 10.9. The van der Waals surface area contributed by atoms with E-state index in [1.54, 1.807) is 0 Å². The van der Waals surface area contributed by atoms with E-state index >= 15 is 0 Å². The normalized spacial score (nSPS) is 16.4. The van der Waals surface area contributed by atoms with E-state index in [9.17, 15) is 4.79 Å². The molecule has 1 fully saturated rings. The largest absolute Gasteiger partial charge is 0.369 e. The molecule has 0 aromatic heterocycles. The van der Waals surface area contributed by atoms with E-state index < -0.39 is 0 Å². The molecule has 0 aliphatic carbocycles. The van der Waals surface area contributed by atoms with Gasteiger partial charge in [0.05, 0.1) is 6.54 Å². The maximum atomic E-state index is 10.9. The van der Waals surface area contributed by atoms with Crippen molar-refractivity contribution in [1.29, 1.82) is 0 Å². The van der Waals surface area contributed by atoms with E-state index in [2.05, 4.69) is 41.8 Å². The number of nitrogens with two attached hydrogens (primary N) is 1. The lowest BCUT2D eigenvalue weighted by molar-refractivity contribution is -0.119. The zero-order valence-electron chi connectivity index (χ0n) is 12.6. The lowest BCUT2D eigenvalue weighted by atomic mass is 10.0. The van der Waals surface area contributed by atoms with Crippen LogP contribution in [-0.4, -0.2) is 43.5 Å². The number of carbonyl (C=O) groups excluding carboxylic acids is 1. The molecule has 0 saturated carbocycles. The molecule has 1 aromatic carbocycles. The minimum Gasteiger partial charge on any atom is -0.369 e. The fourth-order valence-electron chi connectivity index (χ4n) is 2.88. The average molecular weight is 275 g/mol. The van der Waals surface area contributed by atoms with Crippen LogP contribution >= 0.6 is 0 Å². The van der Waals surface area contributed by atoms with E-state index in [4.69, 9.17) is 5.73 Å². The van der Waals surface area contributed by atoms with Gasteiger partial charge in [-0.25, -0.2) is 0 Å². The number of piperazine rings is 1. The third kappa shape index (κ3) is 3.73. The Morgan fingerprint density at radius 2 is 1.95 bits per heavy atom. The van der Waals surface area contributed by atoms with Crippen molar-refractivity contribution >= 4 is 11.6 Å². The lowest BCUT2D eigenvalue weighted by Gasteiger charge is -2.36. The summed E-state index contributed by atoms with van der Waals surface area (Å²) < 4.78 is 0. The molecule has 4 nitrogen and oxygen atoms in total. The highest BCUT2D eigenvalue weighted by atomic mass is 16.1. The predicted octanol–water partition coefficient (Wildman–Crippen LogP) is 1.55. The molecule has 0 spiro atoms. The fraction of sp³-hybridized carbons (Fsp3) is 0.562. The van der Waals surface area contributed by atoms with Crippen LogP contribution in [0.1, 0.15) is 24.5 Å². The van der Waals surface area contributed by atoms with Crippen LogP contribution in [-0.2, 0) is 11.2 Å². The van der Waals surface area contributed by atoms with Crippen LogP contribution in [0.4, 0.5) is 5.69 Å². The van der Waals surface area contributed by atoms with Crippen LogP contribution in [0.25, 0.3) is 0 Å². The quantitative estimate of drug-likeness (QED) is 0.887. The summed E-state index contributed by atoms with van der Waals surface area (Å²) in [5.41, 5.74) is 9.33. The minimum atomic E-state index is -0.237. The Hall–Kier alpha value is -1.55. The highest BCUT2D eigenvalue weighted by Gasteiger charge is 2.19. The van der Waals surface area contributed by atoms with E-state index in [0.29, 0.717) is 6.54 Å². The van der Waals surface area contributed by atoms with Crippen molar-refractivity contribution in [2.75, 3.05) is 37.6 Å². The number of primary amides is 1. The second-order valence-electron chi connectivity index (χ2n) is 5.60. The molecule has 1 aliphatic rings. The SMILES string of the molecule is CCCc1ccc(N2CCN(CC(N)=O)CC2)c(C)c1. The van der Waals surface area contributed by atoms with Gasteiger partial charge in [-0.3, -0.25) is 9.69 Å². The van der Waals surface area contributed by atoms with Crippen molar-refractivity contribution in [1.82, 2.24) is 4.90 Å². The summed E-state index contributed by atoms with van der Waals surface area (Å²) in [5, 5.41) is 0. The summed E-state index contributed by atoms with van der Waals surface area (Å²) in [6.45, 7) is 8.49. The first-order valence-electron chi connectivity index (χ1n) is 7.45. The Balaban J connectivity index is 1.98. The summed E-state index contributed by atoms with van der Waals surface area (Å²) in [4.78, 5) is 15.5. The monoisotopic (exact) mass is 275 g/mol. The molecule has 2 N–H and O–H groups in total. The summed E-state index contributed by atoms with van der Waals surface area (Å²) in [6, 6.07) is 6.78. The fourth-order valence-corrected chi connectivity index (χ4v) is 2.88. The minimum absolute atomic E-state index is 0.237. The summed E-state index contributed by atoms with van der Waals surface area (Å²) >= 11 is 0. The van der Waals surface area contributed by atoms with Gasteiger partial charge in [-0.2, -0.15) is 0 Å². The maximum Gasteiger partial charge on any atom is 0.231 e. The number of benzene rings is 1. The molecular formula is C16H25N3O. The highest BCUT2D eigenvalue weighted by Crippen LogP contribution is 2.23. The molecular weight excluding hydrogens is 250 g/mol. The molecule has 2 rings (SSSR count). The summed E-state index contributed by atoms with van der Waals surface area (Å²) in [6.07, 6.45) is 2.33. The van der Waals surface area contributed by atoms with Gasteiger partial charge in [-0.05, 0) is 30.5 Å². The molecule has 1 aliphatic heterocycles. The smallest absolute Gasteiger partial charge is 0.231 e. The van der Waals surface area contributed by atoms with Crippen molar-refractivity contribution in [2.24, 2.45) is 5.73 Å². The van der Waals surface area contributed by atoms with Gasteiger partial charge in [0.25, 0.3) is 0 Å². The van der Waals surface area contributed by atoms with Gasteiger partial charge in [0.1, 0.15) is 0 Å². The molecule has 0 unspecified atom stereocenters. The molecule has 0 atom stereocenters. The standard InChI is InChI=1S/C16H25N3O/c1-3-4-14-5-6-15(13(2)11-14)19-9-7-18(8-10-19)12-16(17)20/h5-6,11H,3-4,7-10,12H2,1-2H3,(H2,17,20). The van der Waals surface area contributed by atoms with Crippen LogP contribution < -0.4 is 10.6 Å². The summed E-state index contributed by atoms with van der Waals surface area (Å²) in [7, 11) is 0. The van der Waals surface area contributed by atoms with Crippen molar-refractivity contribution < 1.29 is 4.79 Å². The van der Waals surface area contributed by atoms with Gasteiger partial charge < -0.3 is 10.6 Å².